The molecular weight excluding hydrogens is 300 g/mol. The van der Waals surface area contributed by atoms with E-state index in [2.05, 4.69) is 0 Å². The largest absolute Gasteiger partial charge is 0.395 e. The van der Waals surface area contributed by atoms with Crippen LogP contribution in [0, 0.1) is 0 Å². The molecule has 0 heterocycles. The molecule has 1 aromatic rings. The first-order chi connectivity index (χ1) is 9.73. The van der Waals surface area contributed by atoms with Crippen molar-refractivity contribution in [2.24, 2.45) is 0 Å². The third kappa shape index (κ3) is 4.57. The van der Waals surface area contributed by atoms with E-state index in [1.54, 1.807) is 0 Å². The fourth-order valence-electron chi connectivity index (χ4n) is 1.38. The smallest absolute Gasteiger partial charge is 0.286 e. The highest BCUT2D eigenvalue weighted by molar-refractivity contribution is 7.91. The summed E-state index contributed by atoms with van der Waals surface area (Å²) in [6.45, 7) is -0.487. The van der Waals surface area contributed by atoms with Crippen molar-refractivity contribution < 1.29 is 33.3 Å². The van der Waals surface area contributed by atoms with Gasteiger partial charge in [-0.3, -0.25) is 9.59 Å². The number of benzene rings is 1. The van der Waals surface area contributed by atoms with E-state index in [0.717, 1.165) is 6.08 Å². The van der Waals surface area contributed by atoms with E-state index in [1.807, 2.05) is 0 Å². The molecule has 3 N–H and O–H groups in total. The summed E-state index contributed by atoms with van der Waals surface area (Å²) in [5.74, 6) is -4.67. The maximum Gasteiger partial charge on any atom is 0.286 e. The van der Waals surface area contributed by atoms with Crippen LogP contribution < -0.4 is 0 Å². The second-order valence-corrected chi connectivity index (χ2v) is 6.26. The summed E-state index contributed by atoms with van der Waals surface area (Å²) >= 11 is 0. The van der Waals surface area contributed by atoms with Gasteiger partial charge in [-0.1, -0.05) is 18.2 Å². The normalized spacial score (nSPS) is 12.5. The summed E-state index contributed by atoms with van der Waals surface area (Å²) in [5, 5.41) is 26.6. The zero-order valence-corrected chi connectivity index (χ0v) is 11.7. The van der Waals surface area contributed by atoms with E-state index in [9.17, 15) is 18.0 Å². The average Bonchev–Trinajstić information content (AvgIpc) is 2.45. The van der Waals surface area contributed by atoms with Crippen LogP contribution in [0.1, 0.15) is 5.56 Å². The number of rotatable bonds is 7. The molecule has 0 aliphatic rings. The molecule has 0 atom stereocenters. The third-order valence-electron chi connectivity index (χ3n) is 2.55. The fourth-order valence-corrected chi connectivity index (χ4v) is 2.40. The van der Waals surface area contributed by atoms with Crippen LogP contribution >= 0.6 is 0 Å². The molecule has 0 aliphatic heterocycles. The van der Waals surface area contributed by atoms with Gasteiger partial charge in [0.1, 0.15) is 0 Å². The third-order valence-corrected chi connectivity index (χ3v) is 4.26. The summed E-state index contributed by atoms with van der Waals surface area (Å²) in [6.07, 6.45) is 1.70. The molecule has 0 radical (unpaired) electrons. The van der Waals surface area contributed by atoms with Crippen molar-refractivity contribution >= 4 is 28.0 Å². The molecule has 0 bridgehead atoms. The number of aliphatic hydroxyl groups is 3. The van der Waals surface area contributed by atoms with Crippen LogP contribution in [-0.4, -0.2) is 54.0 Å². The van der Waals surface area contributed by atoms with Gasteiger partial charge in [-0.25, -0.2) is 8.42 Å². The summed E-state index contributed by atoms with van der Waals surface area (Å²) in [6, 6.07) is 5.37. The highest BCUT2D eigenvalue weighted by Gasteiger charge is 2.30. The molecule has 0 spiro atoms. The van der Waals surface area contributed by atoms with E-state index < -0.39 is 33.8 Å². The van der Waals surface area contributed by atoms with Gasteiger partial charge in [0.15, 0.2) is 16.1 Å². The molecule has 0 aliphatic carbocycles. The molecule has 1 rings (SSSR count). The van der Waals surface area contributed by atoms with Crippen LogP contribution in [0.2, 0.25) is 0 Å². The Morgan fingerprint density at radius 2 is 1.76 bits per heavy atom. The van der Waals surface area contributed by atoms with Crippen molar-refractivity contribution in [3.05, 3.63) is 35.9 Å². The summed E-state index contributed by atoms with van der Waals surface area (Å²) in [4.78, 5) is 21.5. The Bertz CT molecular complexity index is 642. The van der Waals surface area contributed by atoms with Gasteiger partial charge in [-0.2, -0.15) is 0 Å². The Hall–Kier alpha value is -1.87. The summed E-state index contributed by atoms with van der Waals surface area (Å²) in [7, 11) is -3.55. The van der Waals surface area contributed by atoms with Gasteiger partial charge >= 0.3 is 0 Å². The lowest BCUT2D eigenvalue weighted by atomic mass is 10.1. The van der Waals surface area contributed by atoms with Gasteiger partial charge in [0, 0.05) is 0 Å². The Labute approximate surface area is 121 Å². The molecule has 8 heteroatoms. The Balaban J connectivity index is 2.90. The molecule has 0 saturated heterocycles. The molecule has 21 heavy (non-hydrogen) atoms. The SMILES string of the molecule is O=CC(O)(O)C(=O)C=Cc1ccc(S(=O)(=O)CCO)cc1. The Kier molecular flexibility index (Phi) is 5.50. The number of aldehydes is 1. The zero-order chi connectivity index (χ0) is 16.1. The molecule has 114 valence electrons. The van der Waals surface area contributed by atoms with E-state index in [-0.39, 0.29) is 11.2 Å². The number of hydrogen-bond donors (Lipinski definition) is 3. The molecule has 7 nitrogen and oxygen atoms in total. The van der Waals surface area contributed by atoms with Crippen LogP contribution in [-0.2, 0) is 19.4 Å². The van der Waals surface area contributed by atoms with Crippen LogP contribution in [0.5, 0.6) is 0 Å². The molecule has 0 fully saturated rings. The van der Waals surface area contributed by atoms with Crippen molar-refractivity contribution in [1.82, 2.24) is 0 Å². The van der Waals surface area contributed by atoms with Crippen LogP contribution in [0.15, 0.2) is 35.2 Å². The van der Waals surface area contributed by atoms with Crippen molar-refractivity contribution in [1.29, 1.82) is 0 Å². The van der Waals surface area contributed by atoms with Crippen molar-refractivity contribution in [3.8, 4) is 0 Å². The first kappa shape index (κ1) is 17.2. The van der Waals surface area contributed by atoms with Gasteiger partial charge in [-0.05, 0) is 23.8 Å². The van der Waals surface area contributed by atoms with Crippen LogP contribution in [0.25, 0.3) is 6.08 Å². The maximum atomic E-state index is 11.6. The molecule has 0 amide bonds. The lowest BCUT2D eigenvalue weighted by molar-refractivity contribution is -0.176. The maximum absolute atomic E-state index is 11.6. The molecule has 0 saturated carbocycles. The van der Waals surface area contributed by atoms with Gasteiger partial charge in [0.2, 0.25) is 5.78 Å². The average molecular weight is 314 g/mol. The minimum atomic E-state index is -3.55. The van der Waals surface area contributed by atoms with Crippen molar-refractivity contribution in [2.75, 3.05) is 12.4 Å². The van der Waals surface area contributed by atoms with Crippen molar-refractivity contribution in [2.45, 2.75) is 10.7 Å². The number of carbonyl (C=O) groups is 2. The van der Waals surface area contributed by atoms with E-state index >= 15 is 0 Å². The van der Waals surface area contributed by atoms with Gasteiger partial charge in [0.05, 0.1) is 17.3 Å². The van der Waals surface area contributed by atoms with E-state index in [1.165, 1.54) is 30.3 Å². The molecule has 0 unspecified atom stereocenters. The molecule has 0 aromatic heterocycles. The fraction of sp³-hybridized carbons (Fsp3) is 0.231. The van der Waals surface area contributed by atoms with Gasteiger partial charge in [0.25, 0.3) is 5.79 Å². The zero-order valence-electron chi connectivity index (χ0n) is 10.8. The van der Waals surface area contributed by atoms with Gasteiger partial charge in [-0.15, -0.1) is 0 Å². The van der Waals surface area contributed by atoms with E-state index in [0.29, 0.717) is 5.56 Å². The number of aliphatic hydroxyl groups excluding tert-OH is 1. The van der Waals surface area contributed by atoms with E-state index in [4.69, 9.17) is 15.3 Å². The quantitative estimate of drug-likeness (QED) is 0.252. The minimum absolute atomic E-state index is 0.0200. The molecular formula is C13H14O7S. The minimum Gasteiger partial charge on any atom is -0.395 e. The van der Waals surface area contributed by atoms with Crippen molar-refractivity contribution in [3.63, 3.8) is 0 Å². The Morgan fingerprint density at radius 3 is 2.24 bits per heavy atom. The second-order valence-electron chi connectivity index (χ2n) is 4.15. The van der Waals surface area contributed by atoms with Gasteiger partial charge < -0.3 is 15.3 Å². The second kappa shape index (κ2) is 6.72. The summed E-state index contributed by atoms with van der Waals surface area (Å²) in [5.41, 5.74) is 0.424. The lowest BCUT2D eigenvalue weighted by Gasteiger charge is -2.08. The predicted molar refractivity (Wildman–Crippen MR) is 72.9 cm³/mol. The Morgan fingerprint density at radius 1 is 1.19 bits per heavy atom. The van der Waals surface area contributed by atoms with Crippen LogP contribution in [0.4, 0.5) is 0 Å². The lowest BCUT2D eigenvalue weighted by Crippen LogP contribution is -2.38. The number of sulfone groups is 1. The highest BCUT2D eigenvalue weighted by Crippen LogP contribution is 2.13. The monoisotopic (exact) mass is 314 g/mol. The first-order valence-corrected chi connectivity index (χ1v) is 7.45. The molecule has 1 aromatic carbocycles. The standard InChI is InChI=1S/C13H14O7S/c14-7-8-21(19,20)11-4-1-10(2-5-11)3-6-12(16)13(17,18)9-15/h1-6,9,14,17-18H,7-8H2. The topological polar surface area (TPSA) is 129 Å². The number of hydrogen-bond acceptors (Lipinski definition) is 7. The first-order valence-electron chi connectivity index (χ1n) is 5.80. The number of carbonyl (C=O) groups excluding carboxylic acids is 2. The van der Waals surface area contributed by atoms with Crippen LogP contribution in [0.3, 0.4) is 0 Å². The summed E-state index contributed by atoms with van der Waals surface area (Å²) < 4.78 is 23.3. The predicted octanol–water partition coefficient (Wildman–Crippen LogP) is -1.09. The number of ketones is 1. The highest BCUT2D eigenvalue weighted by atomic mass is 32.2.